The normalized spacial score (nSPS) is 11.0. The highest BCUT2D eigenvalue weighted by Gasteiger charge is 2.15. The van der Waals surface area contributed by atoms with Crippen LogP contribution in [0.25, 0.3) is 0 Å². The third-order valence-electron chi connectivity index (χ3n) is 0.190. The molecule has 0 aromatic rings. The predicted molar refractivity (Wildman–Crippen MR) is 12.0 cm³/mol. The Morgan fingerprint density at radius 3 is 0.833 bits per heavy atom. The molecule has 0 saturated heterocycles. The van der Waals surface area contributed by atoms with Crippen LogP contribution in [0.15, 0.2) is 0 Å². The maximum atomic E-state index is 10.4. The Kier molecular flexibility index (Phi) is 1.90. The largest absolute Gasteiger partial charge is 0.298 e. The first kappa shape index (κ1) is 5.72. The molecule has 0 saturated carbocycles. The molecule has 0 spiro atoms. The van der Waals surface area contributed by atoms with Crippen molar-refractivity contribution in [1.29, 1.82) is 0 Å². The van der Waals surface area contributed by atoms with Crippen molar-refractivity contribution in [2.45, 2.75) is 12.9 Å². The quantitative estimate of drug-likeness (QED) is 0.349. The van der Waals surface area contributed by atoms with Gasteiger partial charge in [-0.2, -0.15) is 0 Å². The standard InChI is InChI=1S/C2H2F4/c3-1(4)2(5)6/h1-2H/i1+1,2+1. The van der Waals surface area contributed by atoms with Crippen LogP contribution in [0.1, 0.15) is 0 Å². The molecule has 0 atom stereocenters. The molecule has 0 heterocycles. The summed E-state index contributed by atoms with van der Waals surface area (Å²) >= 11 is 0. The van der Waals surface area contributed by atoms with Crippen molar-refractivity contribution >= 4 is 0 Å². The van der Waals surface area contributed by atoms with E-state index in [9.17, 15) is 17.6 Å². The van der Waals surface area contributed by atoms with Gasteiger partial charge in [0.1, 0.15) is 0 Å². The molecule has 0 unspecified atom stereocenters. The number of rotatable bonds is 1. The summed E-state index contributed by atoms with van der Waals surface area (Å²) in [5.41, 5.74) is 0. The monoisotopic (exact) mass is 104 g/mol. The summed E-state index contributed by atoms with van der Waals surface area (Å²) in [5.74, 6) is 0. The predicted octanol–water partition coefficient (Wildman–Crippen LogP) is 1.52. The van der Waals surface area contributed by atoms with Crippen molar-refractivity contribution in [2.24, 2.45) is 0 Å². The second-order valence-electron chi connectivity index (χ2n) is 0.669. The van der Waals surface area contributed by atoms with E-state index < -0.39 is 12.9 Å². The SMILES string of the molecule is F[13CH](F)[13CH](F)F. The molecule has 0 aliphatic heterocycles. The minimum atomic E-state index is -3.48. The summed E-state index contributed by atoms with van der Waals surface area (Å²) in [6, 6.07) is 0. The van der Waals surface area contributed by atoms with Crippen LogP contribution in [-0.4, -0.2) is 12.9 Å². The van der Waals surface area contributed by atoms with Gasteiger partial charge in [-0.15, -0.1) is 0 Å². The Morgan fingerprint density at radius 1 is 0.667 bits per heavy atom. The fraction of sp³-hybridized carbons (Fsp3) is 1.00. The van der Waals surface area contributed by atoms with E-state index in [0.29, 0.717) is 0 Å². The minimum absolute atomic E-state index is 3.48. The van der Waals surface area contributed by atoms with E-state index in [4.69, 9.17) is 0 Å². The van der Waals surface area contributed by atoms with Crippen molar-refractivity contribution in [2.75, 3.05) is 0 Å². The topological polar surface area (TPSA) is 0 Å². The van der Waals surface area contributed by atoms with E-state index in [1.807, 2.05) is 0 Å². The molecular weight excluding hydrogens is 102 g/mol. The molecule has 0 bridgehead atoms. The van der Waals surface area contributed by atoms with Crippen molar-refractivity contribution < 1.29 is 17.6 Å². The summed E-state index contributed by atoms with van der Waals surface area (Å²) < 4.78 is 41.6. The van der Waals surface area contributed by atoms with E-state index in [2.05, 4.69) is 0 Å². The molecule has 38 valence electrons. The van der Waals surface area contributed by atoms with E-state index in [0.717, 1.165) is 0 Å². The number of hydrogen-bond acceptors (Lipinski definition) is 0. The van der Waals surface area contributed by atoms with Crippen molar-refractivity contribution in [3.8, 4) is 0 Å². The molecule has 0 aromatic carbocycles. The van der Waals surface area contributed by atoms with Gasteiger partial charge in [0.15, 0.2) is 0 Å². The van der Waals surface area contributed by atoms with Gasteiger partial charge in [0, 0.05) is 0 Å². The smallest absolute Gasteiger partial charge is 0.204 e. The third kappa shape index (κ3) is 1.99. The maximum Gasteiger partial charge on any atom is 0.298 e. The molecule has 4 heteroatoms. The van der Waals surface area contributed by atoms with Crippen molar-refractivity contribution in [3.63, 3.8) is 0 Å². The molecule has 0 aliphatic rings. The summed E-state index contributed by atoms with van der Waals surface area (Å²) in [5, 5.41) is 0. The molecule has 0 nitrogen and oxygen atoms in total. The van der Waals surface area contributed by atoms with Crippen LogP contribution < -0.4 is 0 Å². The summed E-state index contributed by atoms with van der Waals surface area (Å²) in [7, 11) is 0. The second-order valence-corrected chi connectivity index (χ2v) is 0.669. The molecular formula is C2H2F4. The Bertz CT molecular complexity index is 26.5. The zero-order valence-electron chi connectivity index (χ0n) is 2.67. The zero-order valence-corrected chi connectivity index (χ0v) is 2.67. The van der Waals surface area contributed by atoms with Gasteiger partial charge in [-0.25, -0.2) is 17.6 Å². The van der Waals surface area contributed by atoms with Crippen LogP contribution in [0.5, 0.6) is 0 Å². The molecule has 0 rings (SSSR count). The number of alkyl halides is 4. The third-order valence-corrected chi connectivity index (χ3v) is 0.190. The van der Waals surface area contributed by atoms with Crippen LogP contribution in [0, 0.1) is 0 Å². The van der Waals surface area contributed by atoms with E-state index >= 15 is 0 Å². The lowest BCUT2D eigenvalue weighted by Gasteiger charge is -1.89. The number of hydrogen-bond donors (Lipinski definition) is 0. The molecule has 0 amide bonds. The average molecular weight is 104 g/mol. The van der Waals surface area contributed by atoms with Crippen LogP contribution in [0.3, 0.4) is 0 Å². The summed E-state index contributed by atoms with van der Waals surface area (Å²) in [6.07, 6.45) is -6.96. The molecule has 0 N–H and O–H groups in total. The lowest BCUT2D eigenvalue weighted by atomic mass is 11.7. The first-order chi connectivity index (χ1) is 2.64. The Hall–Kier alpha value is -0.280. The maximum absolute atomic E-state index is 10.4. The second kappa shape index (κ2) is 2.00. The fourth-order valence-corrected chi connectivity index (χ4v) is 0. The highest BCUT2D eigenvalue weighted by atomic mass is 19.4. The Morgan fingerprint density at radius 2 is 0.833 bits per heavy atom. The van der Waals surface area contributed by atoms with Gasteiger partial charge in [-0.05, 0) is 0 Å². The Labute approximate surface area is 31.8 Å². The lowest BCUT2D eigenvalue weighted by Crippen LogP contribution is -2.02. The summed E-state index contributed by atoms with van der Waals surface area (Å²) in [6.45, 7) is 0. The first-order valence-electron chi connectivity index (χ1n) is 1.21. The zero-order chi connectivity index (χ0) is 5.15. The van der Waals surface area contributed by atoms with Gasteiger partial charge in [0.2, 0.25) is 0 Å². The van der Waals surface area contributed by atoms with Gasteiger partial charge in [-0.3, -0.25) is 0 Å². The molecule has 0 aliphatic carbocycles. The van der Waals surface area contributed by atoms with E-state index in [-0.39, 0.29) is 0 Å². The van der Waals surface area contributed by atoms with Gasteiger partial charge in [-0.1, -0.05) is 0 Å². The average Bonchev–Trinajstić information content (AvgIpc) is 1.36. The number of halogens is 4. The van der Waals surface area contributed by atoms with Crippen LogP contribution in [-0.2, 0) is 0 Å². The van der Waals surface area contributed by atoms with Crippen LogP contribution in [0.2, 0.25) is 0 Å². The molecule has 6 heavy (non-hydrogen) atoms. The molecule has 0 radical (unpaired) electrons. The van der Waals surface area contributed by atoms with Crippen LogP contribution >= 0.6 is 0 Å². The van der Waals surface area contributed by atoms with Crippen LogP contribution in [0.4, 0.5) is 17.6 Å². The molecule has 0 fully saturated rings. The first-order valence-corrected chi connectivity index (χ1v) is 1.21. The Balaban J connectivity index is 2.99. The van der Waals surface area contributed by atoms with Gasteiger partial charge in [0.05, 0.1) is 0 Å². The highest BCUT2D eigenvalue weighted by Crippen LogP contribution is 2.04. The minimum Gasteiger partial charge on any atom is -0.204 e. The fourth-order valence-electron chi connectivity index (χ4n) is 0. The van der Waals surface area contributed by atoms with Crippen molar-refractivity contribution in [3.05, 3.63) is 0 Å². The van der Waals surface area contributed by atoms with Gasteiger partial charge < -0.3 is 0 Å². The van der Waals surface area contributed by atoms with E-state index in [1.165, 1.54) is 0 Å². The van der Waals surface area contributed by atoms with E-state index in [1.54, 1.807) is 0 Å². The summed E-state index contributed by atoms with van der Waals surface area (Å²) in [4.78, 5) is 0. The van der Waals surface area contributed by atoms with Gasteiger partial charge >= 0.3 is 0 Å². The molecule has 0 aromatic heterocycles. The highest BCUT2D eigenvalue weighted by molar-refractivity contribution is 4.35. The van der Waals surface area contributed by atoms with Gasteiger partial charge in [0.25, 0.3) is 12.9 Å². The van der Waals surface area contributed by atoms with Crippen molar-refractivity contribution in [1.82, 2.24) is 0 Å². The lowest BCUT2D eigenvalue weighted by molar-refractivity contribution is -0.0278.